The first-order valence-corrected chi connectivity index (χ1v) is 7.14. The van der Waals surface area contributed by atoms with Crippen LogP contribution in [0.4, 0.5) is 0 Å². The predicted octanol–water partition coefficient (Wildman–Crippen LogP) is 2.19. The van der Waals surface area contributed by atoms with Gasteiger partial charge in [-0.1, -0.05) is 24.3 Å². The number of fused-ring (bicyclic) bond motifs is 1. The number of carbonyl (C=O) groups excluding carboxylic acids is 1. The summed E-state index contributed by atoms with van der Waals surface area (Å²) in [6.07, 6.45) is 7.04. The standard InChI is InChI=1S/C16H19N3O/c20-16(18-8-7-14-10-17-11-19-14)9-13-6-5-12-3-1-2-4-15(12)13/h1-4,10-11,13H,5-9H2,(H,17,19)(H,18,20). The summed E-state index contributed by atoms with van der Waals surface area (Å²) in [5, 5.41) is 2.99. The maximum Gasteiger partial charge on any atom is 0.220 e. The number of aryl methyl sites for hydroxylation is 1. The second-order valence-corrected chi connectivity index (χ2v) is 5.32. The number of nitrogens with one attached hydrogen (secondary N) is 2. The van der Waals surface area contributed by atoms with Crippen LogP contribution in [0.15, 0.2) is 36.8 Å². The number of carbonyl (C=O) groups is 1. The number of hydrogen-bond donors (Lipinski definition) is 2. The zero-order valence-electron chi connectivity index (χ0n) is 11.4. The molecule has 4 nitrogen and oxygen atoms in total. The molecule has 1 aromatic heterocycles. The molecule has 1 aromatic carbocycles. The summed E-state index contributed by atoms with van der Waals surface area (Å²) in [6.45, 7) is 0.662. The van der Waals surface area contributed by atoms with Gasteiger partial charge in [-0.25, -0.2) is 4.98 Å². The van der Waals surface area contributed by atoms with Crippen LogP contribution in [-0.2, 0) is 17.6 Å². The van der Waals surface area contributed by atoms with Crippen molar-refractivity contribution in [3.63, 3.8) is 0 Å². The lowest BCUT2D eigenvalue weighted by molar-refractivity contribution is -0.121. The third-order valence-electron chi connectivity index (χ3n) is 3.96. The number of benzene rings is 1. The van der Waals surface area contributed by atoms with Crippen LogP contribution in [0.2, 0.25) is 0 Å². The van der Waals surface area contributed by atoms with Gasteiger partial charge in [-0.15, -0.1) is 0 Å². The Kier molecular flexibility index (Phi) is 3.81. The molecule has 4 heteroatoms. The molecule has 3 rings (SSSR count). The van der Waals surface area contributed by atoms with Gasteiger partial charge in [-0.3, -0.25) is 4.79 Å². The van der Waals surface area contributed by atoms with E-state index in [1.54, 1.807) is 12.5 Å². The minimum absolute atomic E-state index is 0.145. The fourth-order valence-corrected chi connectivity index (χ4v) is 2.91. The largest absolute Gasteiger partial charge is 0.356 e. The van der Waals surface area contributed by atoms with Crippen molar-refractivity contribution in [2.24, 2.45) is 0 Å². The first-order valence-electron chi connectivity index (χ1n) is 7.14. The number of nitrogens with zero attached hydrogens (tertiary/aromatic N) is 1. The Morgan fingerprint density at radius 1 is 1.40 bits per heavy atom. The molecule has 0 radical (unpaired) electrons. The van der Waals surface area contributed by atoms with Crippen molar-refractivity contribution in [1.29, 1.82) is 0 Å². The zero-order chi connectivity index (χ0) is 13.8. The van der Waals surface area contributed by atoms with E-state index in [0.29, 0.717) is 18.9 Å². The van der Waals surface area contributed by atoms with E-state index < -0.39 is 0 Å². The van der Waals surface area contributed by atoms with Gasteiger partial charge in [0.05, 0.1) is 6.33 Å². The Morgan fingerprint density at radius 2 is 2.30 bits per heavy atom. The van der Waals surface area contributed by atoms with Crippen LogP contribution in [0, 0.1) is 0 Å². The quantitative estimate of drug-likeness (QED) is 0.874. The summed E-state index contributed by atoms with van der Waals surface area (Å²) < 4.78 is 0. The van der Waals surface area contributed by atoms with Gasteiger partial charge in [0.2, 0.25) is 5.91 Å². The minimum Gasteiger partial charge on any atom is -0.356 e. The summed E-state index contributed by atoms with van der Waals surface area (Å²) >= 11 is 0. The predicted molar refractivity (Wildman–Crippen MR) is 77.4 cm³/mol. The van der Waals surface area contributed by atoms with E-state index in [9.17, 15) is 4.79 Å². The van der Waals surface area contributed by atoms with Gasteiger partial charge in [0, 0.05) is 31.3 Å². The van der Waals surface area contributed by atoms with Gasteiger partial charge in [0.25, 0.3) is 0 Å². The smallest absolute Gasteiger partial charge is 0.220 e. The first kappa shape index (κ1) is 12.9. The fourth-order valence-electron chi connectivity index (χ4n) is 2.91. The van der Waals surface area contributed by atoms with Crippen LogP contribution in [0.25, 0.3) is 0 Å². The minimum atomic E-state index is 0.145. The molecule has 1 unspecified atom stereocenters. The van der Waals surface area contributed by atoms with Gasteiger partial charge < -0.3 is 10.3 Å². The summed E-state index contributed by atoms with van der Waals surface area (Å²) in [7, 11) is 0. The molecule has 1 heterocycles. The van der Waals surface area contributed by atoms with Crippen LogP contribution in [0.3, 0.4) is 0 Å². The molecule has 1 amide bonds. The molecule has 20 heavy (non-hydrogen) atoms. The average Bonchev–Trinajstić information content (AvgIpc) is 3.09. The van der Waals surface area contributed by atoms with Gasteiger partial charge in [0.1, 0.15) is 0 Å². The lowest BCUT2D eigenvalue weighted by atomic mass is 9.97. The highest BCUT2D eigenvalue weighted by atomic mass is 16.1. The molecule has 1 atom stereocenters. The van der Waals surface area contributed by atoms with Crippen molar-refractivity contribution in [3.8, 4) is 0 Å². The Balaban J connectivity index is 1.48. The van der Waals surface area contributed by atoms with Crippen molar-refractivity contribution in [2.45, 2.75) is 31.6 Å². The molecule has 104 valence electrons. The summed E-state index contributed by atoms with van der Waals surface area (Å²) in [4.78, 5) is 19.0. The Morgan fingerprint density at radius 3 is 3.15 bits per heavy atom. The summed E-state index contributed by atoms with van der Waals surface area (Å²) in [6, 6.07) is 8.47. The van der Waals surface area contributed by atoms with Gasteiger partial charge in [-0.05, 0) is 29.9 Å². The fraction of sp³-hybridized carbons (Fsp3) is 0.375. The number of aromatic amines is 1. The third kappa shape index (κ3) is 2.90. The van der Waals surface area contributed by atoms with Crippen LogP contribution >= 0.6 is 0 Å². The maximum absolute atomic E-state index is 12.0. The zero-order valence-corrected chi connectivity index (χ0v) is 11.4. The van der Waals surface area contributed by atoms with E-state index >= 15 is 0 Å². The highest BCUT2D eigenvalue weighted by Crippen LogP contribution is 2.34. The summed E-state index contributed by atoms with van der Waals surface area (Å²) in [5.41, 5.74) is 3.82. The number of amides is 1. The number of H-pyrrole nitrogens is 1. The Labute approximate surface area is 118 Å². The average molecular weight is 269 g/mol. The van der Waals surface area contributed by atoms with Crippen molar-refractivity contribution < 1.29 is 4.79 Å². The molecule has 0 aliphatic heterocycles. The molecule has 2 aromatic rings. The van der Waals surface area contributed by atoms with E-state index in [0.717, 1.165) is 25.0 Å². The molecule has 0 saturated heterocycles. The molecule has 0 bridgehead atoms. The molecule has 0 spiro atoms. The van der Waals surface area contributed by atoms with Crippen molar-refractivity contribution in [1.82, 2.24) is 15.3 Å². The van der Waals surface area contributed by atoms with Crippen LogP contribution < -0.4 is 5.32 Å². The highest BCUT2D eigenvalue weighted by molar-refractivity contribution is 5.77. The second kappa shape index (κ2) is 5.90. The van der Waals surface area contributed by atoms with Crippen molar-refractivity contribution >= 4 is 5.91 Å². The van der Waals surface area contributed by atoms with Gasteiger partial charge in [0.15, 0.2) is 0 Å². The van der Waals surface area contributed by atoms with E-state index in [-0.39, 0.29) is 5.91 Å². The van der Waals surface area contributed by atoms with Crippen molar-refractivity contribution in [3.05, 3.63) is 53.6 Å². The molecule has 2 N–H and O–H groups in total. The van der Waals surface area contributed by atoms with Gasteiger partial charge in [-0.2, -0.15) is 0 Å². The number of rotatable bonds is 5. The normalized spacial score (nSPS) is 16.9. The lowest BCUT2D eigenvalue weighted by Crippen LogP contribution is -2.26. The number of aromatic nitrogens is 2. The molecule has 1 aliphatic carbocycles. The van der Waals surface area contributed by atoms with Crippen LogP contribution in [-0.4, -0.2) is 22.4 Å². The second-order valence-electron chi connectivity index (χ2n) is 5.32. The van der Waals surface area contributed by atoms with Crippen LogP contribution in [0.1, 0.15) is 35.6 Å². The molecule has 0 saturated carbocycles. The van der Waals surface area contributed by atoms with E-state index in [1.807, 2.05) is 0 Å². The molecule has 0 fully saturated rings. The maximum atomic E-state index is 12.0. The van der Waals surface area contributed by atoms with Crippen LogP contribution in [0.5, 0.6) is 0 Å². The first-order chi connectivity index (χ1) is 9.83. The SMILES string of the molecule is O=C(CC1CCc2ccccc21)NCCc1cnc[nH]1. The van der Waals surface area contributed by atoms with Gasteiger partial charge >= 0.3 is 0 Å². The lowest BCUT2D eigenvalue weighted by Gasteiger charge is -2.11. The Bertz CT molecular complexity index is 577. The third-order valence-corrected chi connectivity index (χ3v) is 3.96. The molecular formula is C16H19N3O. The number of imidazole rings is 1. The van der Waals surface area contributed by atoms with E-state index in [4.69, 9.17) is 0 Å². The van der Waals surface area contributed by atoms with E-state index in [2.05, 4.69) is 39.6 Å². The summed E-state index contributed by atoms with van der Waals surface area (Å²) in [5.74, 6) is 0.532. The molecular weight excluding hydrogens is 250 g/mol. The molecule has 1 aliphatic rings. The highest BCUT2D eigenvalue weighted by Gasteiger charge is 2.23. The van der Waals surface area contributed by atoms with Crippen molar-refractivity contribution in [2.75, 3.05) is 6.54 Å². The topological polar surface area (TPSA) is 57.8 Å². The van der Waals surface area contributed by atoms with E-state index in [1.165, 1.54) is 11.1 Å². The monoisotopic (exact) mass is 269 g/mol. The Hall–Kier alpha value is -2.10. The number of hydrogen-bond acceptors (Lipinski definition) is 2.